The number of methoxy groups -OCH3 is 1. The topological polar surface area (TPSA) is 31.4 Å². The summed E-state index contributed by atoms with van der Waals surface area (Å²) in [7, 11) is 1.66. The summed E-state index contributed by atoms with van der Waals surface area (Å²) in [6.07, 6.45) is 1.78. The second-order valence-corrected chi connectivity index (χ2v) is 5.04. The van der Waals surface area contributed by atoms with Crippen LogP contribution in [0.5, 0.6) is 11.5 Å². The van der Waals surface area contributed by atoms with Crippen LogP contribution in [-0.2, 0) is 6.61 Å². The van der Waals surface area contributed by atoms with Gasteiger partial charge in [0.2, 0.25) is 0 Å². The van der Waals surface area contributed by atoms with Gasteiger partial charge >= 0.3 is 0 Å². The minimum absolute atomic E-state index is 0.743. The lowest BCUT2D eigenvalue weighted by molar-refractivity contribution is 0.243. The van der Waals surface area contributed by atoms with Crippen LogP contribution < -0.4 is 9.47 Å². The van der Waals surface area contributed by atoms with E-state index in [-0.39, 0.29) is 0 Å². The van der Waals surface area contributed by atoms with Gasteiger partial charge in [-0.25, -0.2) is 0 Å². The molecule has 0 saturated heterocycles. The van der Waals surface area contributed by atoms with Gasteiger partial charge in [0.05, 0.1) is 12.6 Å². The van der Waals surface area contributed by atoms with Crippen LogP contribution in [0.4, 0.5) is 0 Å². The van der Waals surface area contributed by atoms with E-state index in [1.54, 1.807) is 13.3 Å². The van der Waals surface area contributed by atoms with Crippen molar-refractivity contribution in [3.05, 3.63) is 65.3 Å². The Labute approximate surface area is 128 Å². The molecule has 3 nitrogen and oxygen atoms in total. The molecule has 1 aliphatic rings. The molecule has 4 rings (SSSR count). The van der Waals surface area contributed by atoms with Gasteiger partial charge in [0.1, 0.15) is 18.1 Å². The molecule has 1 aliphatic heterocycles. The summed E-state index contributed by atoms with van der Waals surface area (Å²) in [5.41, 5.74) is 2.22. The van der Waals surface area contributed by atoms with Gasteiger partial charge in [-0.1, -0.05) is 23.7 Å². The molecule has 0 spiro atoms. The number of rotatable bonds is 1. The van der Waals surface area contributed by atoms with Gasteiger partial charge in [0.15, 0.2) is 0 Å². The maximum atomic E-state index is 5.67. The molecule has 106 valence electrons. The van der Waals surface area contributed by atoms with Crippen molar-refractivity contribution < 1.29 is 9.47 Å². The van der Waals surface area contributed by atoms with Gasteiger partial charge in [0.25, 0.3) is 0 Å². The normalized spacial score (nSPS) is 11.5. The monoisotopic (exact) mass is 299 g/mol. The van der Waals surface area contributed by atoms with E-state index in [0.717, 1.165) is 34.0 Å². The fourth-order valence-corrected chi connectivity index (χ4v) is 2.19. The minimum Gasteiger partial charge on any atom is -0.497 e. The lowest BCUT2D eigenvalue weighted by Gasteiger charge is -2.19. The van der Waals surface area contributed by atoms with E-state index in [1.165, 1.54) is 5.56 Å². The molecule has 3 aromatic rings. The Morgan fingerprint density at radius 2 is 2.05 bits per heavy atom. The van der Waals surface area contributed by atoms with Crippen LogP contribution in [0.15, 0.2) is 54.7 Å². The van der Waals surface area contributed by atoms with Crippen molar-refractivity contribution >= 4 is 22.5 Å². The molecule has 0 fully saturated rings. The van der Waals surface area contributed by atoms with Crippen molar-refractivity contribution in [2.75, 3.05) is 7.11 Å². The van der Waals surface area contributed by atoms with Gasteiger partial charge in [-0.3, -0.25) is 4.98 Å². The number of aromatic nitrogens is 1. The van der Waals surface area contributed by atoms with Gasteiger partial charge in [-0.15, -0.1) is 0 Å². The number of hydrogen-bond donors (Lipinski definition) is 0. The fraction of sp³-hybridized carbons (Fsp3) is 0.118. The molecule has 0 aliphatic carbocycles. The quantitative estimate of drug-likeness (QED) is 0.664. The van der Waals surface area contributed by atoms with Crippen LogP contribution in [0.25, 0.3) is 10.9 Å². The molecule has 0 N–H and O–H groups in total. The lowest BCUT2D eigenvalue weighted by atomic mass is 10.1. The maximum Gasteiger partial charge on any atom is 0.127 e. The second-order valence-electron chi connectivity index (χ2n) is 4.60. The smallest absolute Gasteiger partial charge is 0.127 e. The van der Waals surface area contributed by atoms with Gasteiger partial charge in [0, 0.05) is 28.2 Å². The highest BCUT2D eigenvalue weighted by Gasteiger charge is 2.13. The first-order chi connectivity index (χ1) is 10.3. The number of pyridine rings is 1. The standard InChI is InChI=1S/C10H9NO.C7H5ClO/c1-12-9-5-4-8-3-2-6-11-10(8)7-9;8-6-2-1-5-4-9-7(5)3-6/h2-7H,1H3;1-3H,4H2. The van der Waals surface area contributed by atoms with Crippen LogP contribution in [-0.4, -0.2) is 12.1 Å². The molecule has 0 radical (unpaired) electrons. The molecule has 0 bridgehead atoms. The van der Waals surface area contributed by atoms with E-state index in [9.17, 15) is 0 Å². The summed E-state index contributed by atoms with van der Waals surface area (Å²) in [6.45, 7) is 0.743. The Morgan fingerprint density at radius 3 is 2.71 bits per heavy atom. The van der Waals surface area contributed by atoms with Gasteiger partial charge in [-0.05, 0) is 30.3 Å². The molecule has 4 heteroatoms. The third-order valence-corrected chi connectivity index (χ3v) is 3.46. The molecule has 0 atom stereocenters. The Hall–Kier alpha value is -2.26. The summed E-state index contributed by atoms with van der Waals surface area (Å²) in [6, 6.07) is 15.5. The van der Waals surface area contributed by atoms with Crippen LogP contribution in [0, 0.1) is 0 Å². The van der Waals surface area contributed by atoms with E-state index >= 15 is 0 Å². The summed E-state index contributed by atoms with van der Waals surface area (Å²) >= 11 is 5.67. The van der Waals surface area contributed by atoms with Crippen LogP contribution in [0.2, 0.25) is 5.02 Å². The molecular formula is C17H14ClNO2. The third-order valence-electron chi connectivity index (χ3n) is 3.23. The molecule has 0 unspecified atom stereocenters. The van der Waals surface area contributed by atoms with E-state index < -0.39 is 0 Å². The first-order valence-corrected chi connectivity index (χ1v) is 6.94. The number of halogens is 1. The predicted molar refractivity (Wildman–Crippen MR) is 84.1 cm³/mol. The highest BCUT2D eigenvalue weighted by Crippen LogP contribution is 2.31. The second kappa shape index (κ2) is 6.02. The first kappa shape index (κ1) is 13.7. The molecule has 2 aromatic carbocycles. The fourth-order valence-electron chi connectivity index (χ4n) is 2.03. The van der Waals surface area contributed by atoms with Gasteiger partial charge < -0.3 is 9.47 Å². The molecule has 0 saturated carbocycles. The van der Waals surface area contributed by atoms with Crippen LogP contribution in [0.3, 0.4) is 0 Å². The zero-order valence-corrected chi connectivity index (χ0v) is 12.3. The summed E-state index contributed by atoms with van der Waals surface area (Å²) in [5, 5.41) is 1.88. The number of fused-ring (bicyclic) bond motifs is 2. The lowest BCUT2D eigenvalue weighted by Crippen LogP contribution is -2.08. The van der Waals surface area contributed by atoms with E-state index in [0.29, 0.717) is 0 Å². The largest absolute Gasteiger partial charge is 0.497 e. The summed E-state index contributed by atoms with van der Waals surface area (Å²) in [5.74, 6) is 1.78. The highest BCUT2D eigenvalue weighted by atomic mass is 35.5. The van der Waals surface area contributed by atoms with E-state index in [4.69, 9.17) is 21.1 Å². The maximum absolute atomic E-state index is 5.67. The average Bonchev–Trinajstić information content (AvgIpc) is 2.51. The van der Waals surface area contributed by atoms with E-state index in [1.807, 2.05) is 48.5 Å². The van der Waals surface area contributed by atoms with Crippen molar-refractivity contribution in [1.29, 1.82) is 0 Å². The molecule has 0 amide bonds. The van der Waals surface area contributed by atoms with Crippen molar-refractivity contribution in [1.82, 2.24) is 4.98 Å². The number of benzene rings is 2. The number of nitrogens with zero attached hydrogens (tertiary/aromatic N) is 1. The SMILES string of the molecule is COc1ccc2cccnc2c1.Clc1ccc2c(c1)OC2. The van der Waals surface area contributed by atoms with Crippen LogP contribution in [0.1, 0.15) is 5.56 Å². The summed E-state index contributed by atoms with van der Waals surface area (Å²) in [4.78, 5) is 4.21. The first-order valence-electron chi connectivity index (χ1n) is 6.56. The Bertz CT molecular complexity index is 774. The molecule has 21 heavy (non-hydrogen) atoms. The summed E-state index contributed by atoms with van der Waals surface area (Å²) < 4.78 is 10.2. The van der Waals surface area contributed by atoms with E-state index in [2.05, 4.69) is 4.98 Å². The Kier molecular flexibility index (Phi) is 3.93. The van der Waals surface area contributed by atoms with Crippen molar-refractivity contribution in [3.8, 4) is 11.5 Å². The Morgan fingerprint density at radius 1 is 1.14 bits per heavy atom. The zero-order valence-electron chi connectivity index (χ0n) is 11.5. The highest BCUT2D eigenvalue weighted by molar-refractivity contribution is 6.30. The van der Waals surface area contributed by atoms with Crippen LogP contribution >= 0.6 is 11.6 Å². The predicted octanol–water partition coefficient (Wildman–Crippen LogP) is 4.48. The minimum atomic E-state index is 0.743. The molecule has 1 aromatic heterocycles. The van der Waals surface area contributed by atoms with Crippen molar-refractivity contribution in [2.45, 2.75) is 6.61 Å². The number of hydrogen-bond acceptors (Lipinski definition) is 3. The van der Waals surface area contributed by atoms with Crippen molar-refractivity contribution in [3.63, 3.8) is 0 Å². The molecule has 2 heterocycles. The third kappa shape index (κ3) is 3.09. The van der Waals surface area contributed by atoms with Crippen molar-refractivity contribution in [2.24, 2.45) is 0 Å². The zero-order chi connectivity index (χ0) is 14.7. The average molecular weight is 300 g/mol. The number of ether oxygens (including phenoxy) is 2. The Balaban J connectivity index is 0.000000131. The van der Waals surface area contributed by atoms with Gasteiger partial charge in [-0.2, -0.15) is 0 Å². The molecular weight excluding hydrogens is 286 g/mol.